The number of thiophene rings is 1. The van der Waals surface area contributed by atoms with E-state index in [1.54, 1.807) is 0 Å². The van der Waals surface area contributed by atoms with E-state index in [2.05, 4.69) is 10.1 Å². The van der Waals surface area contributed by atoms with Crippen molar-refractivity contribution in [3.05, 3.63) is 69.9 Å². The molecule has 3 rings (SSSR count). The number of nitrogens with one attached hydrogen (secondary N) is 1. The fraction of sp³-hybridized carbons (Fsp3) is 0.105. The Labute approximate surface area is 184 Å². The zero-order valence-corrected chi connectivity index (χ0v) is 18.1. The van der Waals surface area contributed by atoms with E-state index in [0.29, 0.717) is 10.7 Å². The average molecular weight is 491 g/mol. The number of carbonyl (C=O) groups excluding carboxylic acids is 1. The highest BCUT2D eigenvalue weighted by molar-refractivity contribution is 7.93. The van der Waals surface area contributed by atoms with E-state index in [-0.39, 0.29) is 15.5 Å². The van der Waals surface area contributed by atoms with E-state index in [1.165, 1.54) is 54.9 Å². The lowest BCUT2D eigenvalue weighted by atomic mass is 10.3. The molecule has 0 spiro atoms. The van der Waals surface area contributed by atoms with Crippen LogP contribution in [0.3, 0.4) is 0 Å². The van der Waals surface area contributed by atoms with Crippen LogP contribution in [-0.2, 0) is 10.0 Å². The molecule has 3 aromatic rings. The molecule has 0 saturated heterocycles. The SMILES string of the molecule is CN(c1ccc(Cl)cc1)S(=O)(=O)c1ccsc1C(=O)Nc1ccc(OC(F)(F)F)cc1. The normalized spacial score (nSPS) is 11.8. The first-order valence-electron chi connectivity index (χ1n) is 8.46. The van der Waals surface area contributed by atoms with Gasteiger partial charge in [-0.1, -0.05) is 11.6 Å². The summed E-state index contributed by atoms with van der Waals surface area (Å²) in [4.78, 5) is 12.4. The third-order valence-corrected chi connectivity index (χ3v) is 7.13. The molecule has 6 nitrogen and oxygen atoms in total. The molecule has 2 aromatic carbocycles. The van der Waals surface area contributed by atoms with Gasteiger partial charge in [0.25, 0.3) is 15.9 Å². The van der Waals surface area contributed by atoms with Gasteiger partial charge in [0.15, 0.2) is 0 Å². The number of halogens is 4. The van der Waals surface area contributed by atoms with Crippen LogP contribution in [0.1, 0.15) is 9.67 Å². The minimum Gasteiger partial charge on any atom is -0.406 e. The van der Waals surface area contributed by atoms with Gasteiger partial charge in [0.2, 0.25) is 0 Å². The maximum atomic E-state index is 13.0. The van der Waals surface area contributed by atoms with Gasteiger partial charge in [-0.3, -0.25) is 9.10 Å². The maximum Gasteiger partial charge on any atom is 0.573 e. The Morgan fingerprint density at radius 1 is 1.06 bits per heavy atom. The third kappa shape index (κ3) is 5.49. The zero-order valence-electron chi connectivity index (χ0n) is 15.7. The van der Waals surface area contributed by atoms with E-state index in [4.69, 9.17) is 11.6 Å². The lowest BCUT2D eigenvalue weighted by Crippen LogP contribution is -2.28. The third-order valence-electron chi connectivity index (χ3n) is 4.01. The number of carbonyl (C=O) groups is 1. The van der Waals surface area contributed by atoms with Crippen LogP contribution in [-0.4, -0.2) is 27.7 Å². The van der Waals surface area contributed by atoms with Crippen LogP contribution in [0.2, 0.25) is 5.02 Å². The molecule has 0 radical (unpaired) electrons. The van der Waals surface area contributed by atoms with E-state index in [9.17, 15) is 26.4 Å². The molecule has 1 amide bonds. The fourth-order valence-corrected chi connectivity index (χ4v) is 5.15. The Morgan fingerprint density at radius 3 is 2.26 bits per heavy atom. The molecule has 0 aliphatic heterocycles. The topological polar surface area (TPSA) is 75.7 Å². The van der Waals surface area contributed by atoms with Gasteiger partial charge in [0.1, 0.15) is 15.5 Å². The van der Waals surface area contributed by atoms with Crippen molar-refractivity contribution in [2.45, 2.75) is 11.3 Å². The van der Waals surface area contributed by atoms with Crippen LogP contribution in [0.5, 0.6) is 5.75 Å². The van der Waals surface area contributed by atoms with Crippen molar-refractivity contribution in [2.75, 3.05) is 16.7 Å². The number of hydrogen-bond donors (Lipinski definition) is 1. The van der Waals surface area contributed by atoms with Gasteiger partial charge in [-0.25, -0.2) is 8.42 Å². The molecule has 12 heteroatoms. The quantitative estimate of drug-likeness (QED) is 0.503. The summed E-state index contributed by atoms with van der Waals surface area (Å²) >= 11 is 6.75. The number of nitrogens with zero attached hydrogens (tertiary/aromatic N) is 1. The molecule has 164 valence electrons. The van der Waals surface area contributed by atoms with Crippen molar-refractivity contribution in [2.24, 2.45) is 0 Å². The summed E-state index contributed by atoms with van der Waals surface area (Å²) in [6.07, 6.45) is -4.83. The van der Waals surface area contributed by atoms with Crippen LogP contribution in [0.25, 0.3) is 0 Å². The van der Waals surface area contributed by atoms with Crippen molar-refractivity contribution in [3.63, 3.8) is 0 Å². The first-order valence-corrected chi connectivity index (χ1v) is 11.2. The molecule has 0 saturated carbocycles. The lowest BCUT2D eigenvalue weighted by Gasteiger charge is -2.19. The lowest BCUT2D eigenvalue weighted by molar-refractivity contribution is -0.274. The number of ether oxygens (including phenoxy) is 1. The Balaban J connectivity index is 1.80. The fourth-order valence-electron chi connectivity index (χ4n) is 2.53. The van der Waals surface area contributed by atoms with Crippen molar-refractivity contribution >= 4 is 50.2 Å². The van der Waals surface area contributed by atoms with Crippen LogP contribution < -0.4 is 14.4 Å². The number of rotatable bonds is 6. The summed E-state index contributed by atoms with van der Waals surface area (Å²) in [5.74, 6) is -1.17. The first kappa shape index (κ1) is 22.9. The molecular weight excluding hydrogens is 477 g/mol. The number of amides is 1. The molecule has 1 aromatic heterocycles. The van der Waals surface area contributed by atoms with Gasteiger partial charge >= 0.3 is 6.36 Å². The summed E-state index contributed by atoms with van der Waals surface area (Å²) in [6, 6.07) is 11.9. The molecule has 0 fully saturated rings. The largest absolute Gasteiger partial charge is 0.573 e. The van der Waals surface area contributed by atoms with E-state index >= 15 is 0 Å². The number of anilines is 2. The smallest absolute Gasteiger partial charge is 0.406 e. The monoisotopic (exact) mass is 490 g/mol. The summed E-state index contributed by atoms with van der Waals surface area (Å²) < 4.78 is 67.6. The van der Waals surface area contributed by atoms with Crippen LogP contribution in [0.4, 0.5) is 24.5 Å². The minimum absolute atomic E-state index is 0.0727. The molecule has 31 heavy (non-hydrogen) atoms. The number of alkyl halides is 3. The van der Waals surface area contributed by atoms with Crippen LogP contribution >= 0.6 is 22.9 Å². The molecule has 0 unspecified atom stereocenters. The second kappa shape index (κ2) is 8.77. The van der Waals surface area contributed by atoms with Gasteiger partial charge in [-0.2, -0.15) is 0 Å². The summed E-state index contributed by atoms with van der Waals surface area (Å²) in [5.41, 5.74) is 0.518. The van der Waals surface area contributed by atoms with Gasteiger partial charge in [-0.15, -0.1) is 24.5 Å². The van der Waals surface area contributed by atoms with Crippen molar-refractivity contribution in [1.29, 1.82) is 0 Å². The highest BCUT2D eigenvalue weighted by Gasteiger charge is 2.31. The maximum absolute atomic E-state index is 13.0. The van der Waals surface area contributed by atoms with E-state index in [1.807, 2.05) is 0 Å². The van der Waals surface area contributed by atoms with Crippen molar-refractivity contribution in [1.82, 2.24) is 0 Å². The molecule has 1 N–H and O–H groups in total. The molecule has 0 aliphatic carbocycles. The second-order valence-corrected chi connectivity index (χ2v) is 9.38. The van der Waals surface area contributed by atoms with Crippen LogP contribution in [0, 0.1) is 0 Å². The Kier molecular flexibility index (Phi) is 6.48. The molecule has 0 bridgehead atoms. The Hall–Kier alpha value is -2.76. The van der Waals surface area contributed by atoms with E-state index in [0.717, 1.165) is 27.8 Å². The van der Waals surface area contributed by atoms with Gasteiger partial charge in [0, 0.05) is 17.8 Å². The average Bonchev–Trinajstić information content (AvgIpc) is 3.19. The highest BCUT2D eigenvalue weighted by atomic mass is 35.5. The molecular formula is C19H14ClF3N2O4S2. The van der Waals surface area contributed by atoms with Crippen molar-refractivity contribution < 1.29 is 31.1 Å². The first-order chi connectivity index (χ1) is 14.5. The predicted molar refractivity (Wildman–Crippen MR) is 112 cm³/mol. The predicted octanol–water partition coefficient (Wildman–Crippen LogP) is 5.38. The highest BCUT2D eigenvalue weighted by Crippen LogP contribution is 2.30. The van der Waals surface area contributed by atoms with Gasteiger partial charge in [0.05, 0.1) is 5.69 Å². The summed E-state index contributed by atoms with van der Waals surface area (Å²) in [7, 11) is -2.72. The van der Waals surface area contributed by atoms with Crippen LogP contribution in [0.15, 0.2) is 64.9 Å². The van der Waals surface area contributed by atoms with Gasteiger partial charge in [-0.05, 0) is 60.0 Å². The standard InChI is InChI=1S/C19H14ClF3N2O4S2/c1-25(14-6-2-12(20)3-7-14)31(27,28)16-10-11-30-17(16)18(26)24-13-4-8-15(9-5-13)29-19(21,22)23/h2-11H,1H3,(H,24,26). The Bertz CT molecular complexity index is 1180. The molecule has 1 heterocycles. The Morgan fingerprint density at radius 2 is 1.68 bits per heavy atom. The van der Waals surface area contributed by atoms with Crippen molar-refractivity contribution in [3.8, 4) is 5.75 Å². The number of hydrogen-bond acceptors (Lipinski definition) is 5. The minimum atomic E-state index is -4.83. The van der Waals surface area contributed by atoms with Gasteiger partial charge < -0.3 is 10.1 Å². The zero-order chi connectivity index (χ0) is 22.8. The number of benzene rings is 2. The molecule has 0 aliphatic rings. The van der Waals surface area contributed by atoms with E-state index < -0.39 is 28.0 Å². The summed E-state index contributed by atoms with van der Waals surface area (Å²) in [6.45, 7) is 0. The number of sulfonamides is 1. The summed E-state index contributed by atoms with van der Waals surface area (Å²) in [5, 5.41) is 4.36. The second-order valence-electron chi connectivity index (χ2n) is 6.09. The molecule has 0 atom stereocenters.